The van der Waals surface area contributed by atoms with Gasteiger partial charge in [-0.15, -0.1) is 0 Å². The van der Waals surface area contributed by atoms with Crippen molar-refractivity contribution in [2.45, 2.75) is 32.7 Å². The summed E-state index contributed by atoms with van der Waals surface area (Å²) in [6, 6.07) is 0.535. The van der Waals surface area contributed by atoms with E-state index in [0.29, 0.717) is 6.04 Å². The first kappa shape index (κ1) is 10.5. The summed E-state index contributed by atoms with van der Waals surface area (Å²) in [4.78, 5) is 13.6. The molecule has 0 aromatic heterocycles. The van der Waals surface area contributed by atoms with Crippen molar-refractivity contribution in [3.8, 4) is 0 Å². The van der Waals surface area contributed by atoms with E-state index in [9.17, 15) is 4.79 Å². The quantitative estimate of drug-likeness (QED) is 0.607. The molecule has 1 rings (SSSR count). The molecule has 13 heavy (non-hydrogen) atoms. The van der Waals surface area contributed by atoms with Crippen LogP contribution in [0, 0.1) is 5.92 Å². The highest BCUT2D eigenvalue weighted by molar-refractivity contribution is 5.72. The highest BCUT2D eigenvalue weighted by Gasteiger charge is 2.27. The van der Waals surface area contributed by atoms with Crippen molar-refractivity contribution in [1.82, 2.24) is 4.90 Å². The number of ether oxygens (including phenoxy) is 1. The van der Waals surface area contributed by atoms with Crippen LogP contribution >= 0.6 is 0 Å². The Balaban J connectivity index is 2.46. The minimum Gasteiger partial charge on any atom is -0.469 e. The molecule has 3 heteroatoms. The lowest BCUT2D eigenvalue weighted by atomic mass is 9.97. The van der Waals surface area contributed by atoms with Crippen LogP contribution in [-0.4, -0.2) is 37.1 Å². The number of hydrogen-bond acceptors (Lipinski definition) is 3. The molecule has 0 bridgehead atoms. The van der Waals surface area contributed by atoms with Crippen LogP contribution in [0.3, 0.4) is 0 Å². The Hall–Kier alpha value is -0.570. The van der Waals surface area contributed by atoms with Crippen molar-refractivity contribution in [2.24, 2.45) is 5.92 Å². The van der Waals surface area contributed by atoms with Gasteiger partial charge in [-0.05, 0) is 33.2 Å². The number of likely N-dealkylation sites (tertiary alicyclic amines) is 1. The molecular formula is C10H19NO2. The average Bonchev–Trinajstić information content (AvgIpc) is 2.17. The number of methoxy groups -OCH3 is 1. The van der Waals surface area contributed by atoms with Gasteiger partial charge >= 0.3 is 5.97 Å². The lowest BCUT2D eigenvalue weighted by molar-refractivity contribution is -0.147. The normalized spacial score (nSPS) is 24.8. The van der Waals surface area contributed by atoms with Gasteiger partial charge in [0, 0.05) is 12.6 Å². The predicted octanol–water partition coefficient (Wildman–Crippen LogP) is 1.28. The topological polar surface area (TPSA) is 29.5 Å². The van der Waals surface area contributed by atoms with Crippen LogP contribution in [-0.2, 0) is 9.53 Å². The first-order valence-electron chi connectivity index (χ1n) is 4.97. The van der Waals surface area contributed by atoms with Crippen LogP contribution in [0.5, 0.6) is 0 Å². The van der Waals surface area contributed by atoms with Gasteiger partial charge in [-0.25, -0.2) is 0 Å². The number of carbonyl (C=O) groups excluding carboxylic acids is 1. The average molecular weight is 185 g/mol. The third-order valence-electron chi connectivity index (χ3n) is 2.72. The summed E-state index contributed by atoms with van der Waals surface area (Å²) >= 11 is 0. The van der Waals surface area contributed by atoms with Gasteiger partial charge in [0.05, 0.1) is 13.0 Å². The molecule has 1 aliphatic rings. The Kier molecular flexibility index (Phi) is 3.72. The van der Waals surface area contributed by atoms with Crippen molar-refractivity contribution in [3.05, 3.63) is 0 Å². The molecule has 1 aliphatic heterocycles. The first-order valence-corrected chi connectivity index (χ1v) is 4.97. The van der Waals surface area contributed by atoms with E-state index in [4.69, 9.17) is 4.74 Å². The van der Waals surface area contributed by atoms with Crippen molar-refractivity contribution in [1.29, 1.82) is 0 Å². The van der Waals surface area contributed by atoms with Crippen LogP contribution < -0.4 is 0 Å². The maximum Gasteiger partial charge on any atom is 0.309 e. The standard InChI is InChI=1S/C10H19NO2/c1-8(2)11-6-4-5-9(7-11)10(12)13-3/h8-9H,4-7H2,1-3H3. The first-order chi connectivity index (χ1) is 6.15. The Morgan fingerprint density at radius 3 is 2.77 bits per heavy atom. The number of carbonyl (C=O) groups is 1. The van der Waals surface area contributed by atoms with Crippen LogP contribution in [0.4, 0.5) is 0 Å². The maximum atomic E-state index is 11.3. The molecule has 76 valence electrons. The minimum absolute atomic E-state index is 0.0506. The number of piperidine rings is 1. The van der Waals surface area contributed by atoms with Crippen LogP contribution in [0.25, 0.3) is 0 Å². The largest absolute Gasteiger partial charge is 0.469 e. The molecule has 1 fully saturated rings. The molecule has 1 saturated heterocycles. The molecular weight excluding hydrogens is 166 g/mol. The monoisotopic (exact) mass is 185 g/mol. The van der Waals surface area contributed by atoms with Gasteiger partial charge in [-0.1, -0.05) is 0 Å². The van der Waals surface area contributed by atoms with Crippen molar-refractivity contribution < 1.29 is 9.53 Å². The van der Waals surface area contributed by atoms with E-state index < -0.39 is 0 Å². The summed E-state index contributed by atoms with van der Waals surface area (Å²) in [6.07, 6.45) is 2.09. The van der Waals surface area contributed by atoms with Crippen molar-refractivity contribution in [2.75, 3.05) is 20.2 Å². The zero-order chi connectivity index (χ0) is 9.84. The molecule has 3 nitrogen and oxygen atoms in total. The third-order valence-corrected chi connectivity index (χ3v) is 2.72. The number of rotatable bonds is 2. The lowest BCUT2D eigenvalue weighted by Gasteiger charge is -2.34. The number of nitrogens with zero attached hydrogens (tertiary/aromatic N) is 1. The van der Waals surface area contributed by atoms with E-state index in [2.05, 4.69) is 18.7 Å². The number of hydrogen-bond donors (Lipinski definition) is 0. The zero-order valence-electron chi connectivity index (χ0n) is 8.75. The van der Waals surface area contributed by atoms with E-state index in [1.807, 2.05) is 0 Å². The highest BCUT2D eigenvalue weighted by Crippen LogP contribution is 2.19. The summed E-state index contributed by atoms with van der Waals surface area (Å²) in [7, 11) is 1.47. The fraction of sp³-hybridized carbons (Fsp3) is 0.900. The van der Waals surface area contributed by atoms with Gasteiger partial charge < -0.3 is 9.64 Å². The van der Waals surface area contributed by atoms with Crippen molar-refractivity contribution >= 4 is 5.97 Å². The van der Waals surface area contributed by atoms with E-state index in [0.717, 1.165) is 25.9 Å². The lowest BCUT2D eigenvalue weighted by Crippen LogP contribution is -2.42. The van der Waals surface area contributed by atoms with Gasteiger partial charge in [0.15, 0.2) is 0 Å². The molecule has 0 aliphatic carbocycles. The van der Waals surface area contributed by atoms with Gasteiger partial charge in [-0.3, -0.25) is 4.79 Å². The molecule has 1 atom stereocenters. The smallest absolute Gasteiger partial charge is 0.309 e. The summed E-state index contributed by atoms with van der Waals surface area (Å²) < 4.78 is 4.75. The Morgan fingerprint density at radius 2 is 2.23 bits per heavy atom. The molecule has 0 amide bonds. The predicted molar refractivity (Wildman–Crippen MR) is 51.4 cm³/mol. The van der Waals surface area contributed by atoms with Crippen LogP contribution in [0.15, 0.2) is 0 Å². The summed E-state index contributed by atoms with van der Waals surface area (Å²) in [5.41, 5.74) is 0. The fourth-order valence-electron chi connectivity index (χ4n) is 1.83. The highest BCUT2D eigenvalue weighted by atomic mass is 16.5. The van der Waals surface area contributed by atoms with Gasteiger partial charge in [-0.2, -0.15) is 0 Å². The molecule has 1 heterocycles. The van der Waals surface area contributed by atoms with Gasteiger partial charge in [0.25, 0.3) is 0 Å². The molecule has 0 aromatic carbocycles. The number of esters is 1. The second-order valence-corrected chi connectivity index (χ2v) is 3.95. The second kappa shape index (κ2) is 4.61. The van der Waals surface area contributed by atoms with Crippen molar-refractivity contribution in [3.63, 3.8) is 0 Å². The van der Waals surface area contributed by atoms with Crippen LogP contribution in [0.1, 0.15) is 26.7 Å². The van der Waals surface area contributed by atoms with E-state index >= 15 is 0 Å². The SMILES string of the molecule is COC(=O)C1CCCN(C(C)C)C1. The van der Waals surface area contributed by atoms with Crippen LogP contribution in [0.2, 0.25) is 0 Å². The maximum absolute atomic E-state index is 11.3. The molecule has 0 radical (unpaired) electrons. The summed E-state index contributed by atoms with van der Waals surface area (Å²) in [5.74, 6) is 0.0477. The Bertz CT molecular complexity index is 180. The molecule has 0 saturated carbocycles. The molecule has 0 spiro atoms. The van der Waals surface area contributed by atoms with E-state index in [1.165, 1.54) is 7.11 Å². The van der Waals surface area contributed by atoms with Gasteiger partial charge in [0.2, 0.25) is 0 Å². The Labute approximate surface area is 80.1 Å². The summed E-state index contributed by atoms with van der Waals surface area (Å²) in [5, 5.41) is 0. The summed E-state index contributed by atoms with van der Waals surface area (Å²) in [6.45, 7) is 6.31. The molecule has 1 unspecified atom stereocenters. The van der Waals surface area contributed by atoms with Gasteiger partial charge in [0.1, 0.15) is 0 Å². The third kappa shape index (κ3) is 2.69. The second-order valence-electron chi connectivity index (χ2n) is 3.95. The fourth-order valence-corrected chi connectivity index (χ4v) is 1.83. The zero-order valence-corrected chi connectivity index (χ0v) is 8.75. The Morgan fingerprint density at radius 1 is 1.54 bits per heavy atom. The minimum atomic E-state index is -0.0506. The molecule has 0 N–H and O–H groups in total. The van der Waals surface area contributed by atoms with E-state index in [1.54, 1.807) is 0 Å². The van der Waals surface area contributed by atoms with E-state index in [-0.39, 0.29) is 11.9 Å². The molecule has 0 aromatic rings.